The van der Waals surface area contributed by atoms with Crippen molar-refractivity contribution in [1.29, 1.82) is 0 Å². The van der Waals surface area contributed by atoms with E-state index in [0.717, 1.165) is 30.1 Å². The Kier molecular flexibility index (Phi) is 3.76. The van der Waals surface area contributed by atoms with E-state index in [0.29, 0.717) is 24.5 Å². The van der Waals surface area contributed by atoms with Crippen molar-refractivity contribution in [2.24, 2.45) is 0 Å². The molecular weight excluding hydrogens is 252 g/mol. The van der Waals surface area contributed by atoms with Gasteiger partial charge in [0.25, 0.3) is 0 Å². The van der Waals surface area contributed by atoms with Gasteiger partial charge in [0.05, 0.1) is 23.7 Å². The normalized spacial score (nSPS) is 13.8. The van der Waals surface area contributed by atoms with Crippen LogP contribution in [0.1, 0.15) is 30.1 Å². The van der Waals surface area contributed by atoms with Gasteiger partial charge in [0, 0.05) is 6.42 Å². The van der Waals surface area contributed by atoms with E-state index in [9.17, 15) is 0 Å². The van der Waals surface area contributed by atoms with Crippen molar-refractivity contribution in [3.05, 3.63) is 41.5 Å². The quantitative estimate of drug-likeness (QED) is 0.860. The second-order valence-corrected chi connectivity index (χ2v) is 4.96. The number of fused-ring (bicyclic) bond motifs is 1. The highest BCUT2D eigenvalue weighted by molar-refractivity contribution is 5.51. The molecular formula is C15H18N4O. The second kappa shape index (κ2) is 5.86. The van der Waals surface area contributed by atoms with Gasteiger partial charge >= 0.3 is 0 Å². The Morgan fingerprint density at radius 1 is 1.05 bits per heavy atom. The summed E-state index contributed by atoms with van der Waals surface area (Å²) in [5.74, 6) is 1.46. The first kappa shape index (κ1) is 12.8. The number of aromatic nitrogens is 3. The van der Waals surface area contributed by atoms with Crippen LogP contribution in [0.4, 0.5) is 5.69 Å². The summed E-state index contributed by atoms with van der Waals surface area (Å²) in [6, 6.07) is 7.48. The van der Waals surface area contributed by atoms with Gasteiger partial charge in [0.15, 0.2) is 5.82 Å². The smallest absolute Gasteiger partial charge is 0.154 e. The SMILES string of the molecule is Nc1ccccc1OCCc1nnc2c(n1)CCCC2. The van der Waals surface area contributed by atoms with Crippen molar-refractivity contribution in [3.8, 4) is 5.75 Å². The lowest BCUT2D eigenvalue weighted by atomic mass is 10.0. The molecule has 20 heavy (non-hydrogen) atoms. The van der Waals surface area contributed by atoms with Crippen LogP contribution in [0.5, 0.6) is 5.75 Å². The van der Waals surface area contributed by atoms with Crippen LogP contribution in [0.15, 0.2) is 24.3 Å². The van der Waals surface area contributed by atoms with Crippen LogP contribution < -0.4 is 10.5 Å². The number of aryl methyl sites for hydroxylation is 2. The molecule has 3 rings (SSSR count). The zero-order valence-corrected chi connectivity index (χ0v) is 11.4. The van der Waals surface area contributed by atoms with Crippen LogP contribution in [-0.4, -0.2) is 21.8 Å². The number of nitrogen functional groups attached to an aromatic ring is 1. The number of benzene rings is 1. The van der Waals surface area contributed by atoms with Gasteiger partial charge in [0.1, 0.15) is 5.75 Å². The van der Waals surface area contributed by atoms with Crippen molar-refractivity contribution < 1.29 is 4.74 Å². The Balaban J connectivity index is 1.60. The van der Waals surface area contributed by atoms with Crippen LogP contribution in [-0.2, 0) is 19.3 Å². The number of hydrogen-bond donors (Lipinski definition) is 1. The van der Waals surface area contributed by atoms with E-state index in [1.54, 1.807) is 0 Å². The van der Waals surface area contributed by atoms with E-state index < -0.39 is 0 Å². The van der Waals surface area contributed by atoms with Gasteiger partial charge in [-0.3, -0.25) is 0 Å². The highest BCUT2D eigenvalue weighted by Crippen LogP contribution is 2.20. The fourth-order valence-corrected chi connectivity index (χ4v) is 2.37. The minimum absolute atomic E-state index is 0.509. The lowest BCUT2D eigenvalue weighted by Crippen LogP contribution is -2.14. The van der Waals surface area contributed by atoms with Crippen molar-refractivity contribution in [2.75, 3.05) is 12.3 Å². The van der Waals surface area contributed by atoms with Crippen LogP contribution in [0.2, 0.25) is 0 Å². The van der Waals surface area contributed by atoms with Gasteiger partial charge < -0.3 is 10.5 Å². The molecule has 0 aliphatic heterocycles. The molecule has 1 aliphatic carbocycles. The molecule has 0 fully saturated rings. The summed E-state index contributed by atoms with van der Waals surface area (Å²) in [5, 5.41) is 8.44. The third-order valence-electron chi connectivity index (χ3n) is 3.46. The molecule has 5 heteroatoms. The zero-order valence-electron chi connectivity index (χ0n) is 11.4. The Bertz CT molecular complexity index is 600. The summed E-state index contributed by atoms with van der Waals surface area (Å²) in [6.45, 7) is 0.509. The van der Waals surface area contributed by atoms with Crippen LogP contribution in [0, 0.1) is 0 Å². The second-order valence-electron chi connectivity index (χ2n) is 4.96. The molecule has 0 radical (unpaired) electrons. The Labute approximate surface area is 118 Å². The molecule has 1 aromatic carbocycles. The monoisotopic (exact) mass is 270 g/mol. The molecule has 0 spiro atoms. The van der Waals surface area contributed by atoms with E-state index >= 15 is 0 Å². The van der Waals surface area contributed by atoms with Gasteiger partial charge in [-0.05, 0) is 37.8 Å². The van der Waals surface area contributed by atoms with Gasteiger partial charge in [-0.1, -0.05) is 12.1 Å². The average molecular weight is 270 g/mol. The van der Waals surface area contributed by atoms with Crippen molar-refractivity contribution in [1.82, 2.24) is 15.2 Å². The number of hydrogen-bond acceptors (Lipinski definition) is 5. The summed E-state index contributed by atoms with van der Waals surface area (Å²) < 4.78 is 5.65. The summed E-state index contributed by atoms with van der Waals surface area (Å²) in [6.07, 6.45) is 5.06. The fourth-order valence-electron chi connectivity index (χ4n) is 2.37. The van der Waals surface area contributed by atoms with Gasteiger partial charge in [-0.2, -0.15) is 5.10 Å². The predicted molar refractivity (Wildman–Crippen MR) is 76.5 cm³/mol. The molecule has 1 aliphatic rings. The van der Waals surface area contributed by atoms with E-state index in [1.807, 2.05) is 24.3 Å². The van der Waals surface area contributed by atoms with Crippen molar-refractivity contribution >= 4 is 5.69 Å². The number of anilines is 1. The minimum atomic E-state index is 0.509. The standard InChI is InChI=1S/C15H18N4O/c16-11-5-1-4-8-14(11)20-10-9-15-17-12-6-2-3-7-13(12)18-19-15/h1,4-5,8H,2-3,6-7,9-10,16H2. The van der Waals surface area contributed by atoms with E-state index in [4.69, 9.17) is 10.5 Å². The van der Waals surface area contributed by atoms with Crippen LogP contribution >= 0.6 is 0 Å². The minimum Gasteiger partial charge on any atom is -0.491 e. The number of rotatable bonds is 4. The maximum atomic E-state index is 5.82. The molecule has 0 saturated carbocycles. The largest absolute Gasteiger partial charge is 0.491 e. The maximum absolute atomic E-state index is 5.82. The van der Waals surface area contributed by atoms with E-state index in [1.165, 1.54) is 12.8 Å². The highest BCUT2D eigenvalue weighted by atomic mass is 16.5. The molecule has 2 aromatic rings. The number of nitrogens with two attached hydrogens (primary N) is 1. The number of para-hydroxylation sites is 2. The van der Waals surface area contributed by atoms with Crippen molar-refractivity contribution in [3.63, 3.8) is 0 Å². The zero-order chi connectivity index (χ0) is 13.8. The molecule has 0 saturated heterocycles. The summed E-state index contributed by atoms with van der Waals surface area (Å²) in [4.78, 5) is 4.58. The Morgan fingerprint density at radius 2 is 1.85 bits per heavy atom. The summed E-state index contributed by atoms with van der Waals surface area (Å²) >= 11 is 0. The summed E-state index contributed by atoms with van der Waals surface area (Å²) in [5.41, 5.74) is 8.65. The maximum Gasteiger partial charge on any atom is 0.154 e. The third-order valence-corrected chi connectivity index (χ3v) is 3.46. The fraction of sp³-hybridized carbons (Fsp3) is 0.400. The Morgan fingerprint density at radius 3 is 2.70 bits per heavy atom. The summed E-state index contributed by atoms with van der Waals surface area (Å²) in [7, 11) is 0. The average Bonchev–Trinajstić information content (AvgIpc) is 2.49. The van der Waals surface area contributed by atoms with Gasteiger partial charge in [-0.25, -0.2) is 4.98 Å². The predicted octanol–water partition coefficient (Wildman–Crippen LogP) is 1.95. The lowest BCUT2D eigenvalue weighted by Gasteiger charge is -2.13. The van der Waals surface area contributed by atoms with Crippen LogP contribution in [0.25, 0.3) is 0 Å². The molecule has 1 heterocycles. The Hall–Kier alpha value is -2.17. The first-order chi connectivity index (χ1) is 9.83. The van der Waals surface area contributed by atoms with Gasteiger partial charge in [-0.15, -0.1) is 5.10 Å². The van der Waals surface area contributed by atoms with Gasteiger partial charge in [0.2, 0.25) is 0 Å². The molecule has 5 nitrogen and oxygen atoms in total. The first-order valence-electron chi connectivity index (χ1n) is 7.01. The highest BCUT2D eigenvalue weighted by Gasteiger charge is 2.13. The van der Waals surface area contributed by atoms with E-state index in [-0.39, 0.29) is 0 Å². The molecule has 104 valence electrons. The topological polar surface area (TPSA) is 73.9 Å². The van der Waals surface area contributed by atoms with Crippen molar-refractivity contribution in [2.45, 2.75) is 32.1 Å². The molecule has 0 unspecified atom stereocenters. The molecule has 0 atom stereocenters. The van der Waals surface area contributed by atoms with Crippen LogP contribution in [0.3, 0.4) is 0 Å². The third kappa shape index (κ3) is 2.87. The lowest BCUT2D eigenvalue weighted by molar-refractivity contribution is 0.319. The molecule has 0 bridgehead atoms. The van der Waals surface area contributed by atoms with E-state index in [2.05, 4.69) is 15.2 Å². The molecule has 1 aromatic heterocycles. The number of nitrogens with zero attached hydrogens (tertiary/aromatic N) is 3. The molecule has 0 amide bonds. The first-order valence-corrected chi connectivity index (χ1v) is 7.01. The molecule has 2 N–H and O–H groups in total. The number of ether oxygens (including phenoxy) is 1.